The van der Waals surface area contributed by atoms with Gasteiger partial charge >= 0.3 is 0 Å². The van der Waals surface area contributed by atoms with Crippen molar-refractivity contribution in [3.63, 3.8) is 0 Å². The molecule has 3 nitrogen and oxygen atoms in total. The van der Waals surface area contributed by atoms with E-state index in [1.165, 1.54) is 50.8 Å². The quantitative estimate of drug-likeness (QED) is 0.815. The Kier molecular flexibility index (Phi) is 2.49. The highest BCUT2D eigenvalue weighted by atomic mass is 15.3. The van der Waals surface area contributed by atoms with Gasteiger partial charge in [-0.1, -0.05) is 0 Å². The van der Waals surface area contributed by atoms with Gasteiger partial charge in [-0.15, -0.1) is 0 Å². The van der Waals surface area contributed by atoms with Crippen LogP contribution in [-0.4, -0.2) is 22.9 Å². The fourth-order valence-electron chi connectivity index (χ4n) is 2.45. The molecule has 1 aromatic rings. The van der Waals surface area contributed by atoms with Crippen molar-refractivity contribution >= 4 is 0 Å². The first-order valence-corrected chi connectivity index (χ1v) is 6.15. The Morgan fingerprint density at radius 1 is 1.40 bits per heavy atom. The smallest absolute Gasteiger partial charge is 0.0521 e. The summed E-state index contributed by atoms with van der Waals surface area (Å²) in [7, 11) is 0. The zero-order valence-electron chi connectivity index (χ0n) is 9.15. The zero-order valence-corrected chi connectivity index (χ0v) is 9.15. The van der Waals surface area contributed by atoms with Crippen LogP contribution < -0.4 is 5.32 Å². The van der Waals surface area contributed by atoms with Crippen LogP contribution in [0.4, 0.5) is 0 Å². The van der Waals surface area contributed by atoms with E-state index in [1.54, 1.807) is 0 Å². The van der Waals surface area contributed by atoms with Crippen molar-refractivity contribution < 1.29 is 0 Å². The van der Waals surface area contributed by atoms with Crippen molar-refractivity contribution in [2.24, 2.45) is 5.92 Å². The molecule has 0 aromatic carbocycles. The van der Waals surface area contributed by atoms with Gasteiger partial charge in [-0.2, -0.15) is 5.10 Å². The predicted molar refractivity (Wildman–Crippen MR) is 59.8 cm³/mol. The molecule has 2 fully saturated rings. The molecule has 2 heterocycles. The third-order valence-electron chi connectivity index (χ3n) is 3.50. The van der Waals surface area contributed by atoms with E-state index in [9.17, 15) is 0 Å². The van der Waals surface area contributed by atoms with Gasteiger partial charge in [-0.05, 0) is 56.7 Å². The second kappa shape index (κ2) is 3.97. The Bertz CT molecular complexity index is 321. The van der Waals surface area contributed by atoms with Crippen molar-refractivity contribution in [3.05, 3.63) is 18.0 Å². The van der Waals surface area contributed by atoms with Crippen LogP contribution in [0.2, 0.25) is 0 Å². The zero-order chi connectivity index (χ0) is 10.1. The summed E-state index contributed by atoms with van der Waals surface area (Å²) >= 11 is 0. The van der Waals surface area contributed by atoms with E-state index in [1.807, 2.05) is 0 Å². The number of hydrogen-bond donors (Lipinski definition) is 1. The Morgan fingerprint density at radius 3 is 3.07 bits per heavy atom. The molecular weight excluding hydrogens is 186 g/mol. The molecule has 0 spiro atoms. The second-order valence-electron chi connectivity index (χ2n) is 4.98. The van der Waals surface area contributed by atoms with Crippen molar-refractivity contribution in [1.82, 2.24) is 15.1 Å². The van der Waals surface area contributed by atoms with Crippen LogP contribution in [0.25, 0.3) is 0 Å². The first-order valence-electron chi connectivity index (χ1n) is 6.15. The molecule has 82 valence electrons. The van der Waals surface area contributed by atoms with Crippen LogP contribution in [0.3, 0.4) is 0 Å². The van der Waals surface area contributed by atoms with Gasteiger partial charge in [0.25, 0.3) is 0 Å². The van der Waals surface area contributed by atoms with Gasteiger partial charge in [0.15, 0.2) is 0 Å². The monoisotopic (exact) mass is 205 g/mol. The minimum Gasteiger partial charge on any atom is -0.316 e. The lowest BCUT2D eigenvalue weighted by Crippen LogP contribution is -2.30. The Balaban J connectivity index is 1.60. The Hall–Kier alpha value is -0.830. The number of nitrogens with one attached hydrogen (secondary N) is 1. The van der Waals surface area contributed by atoms with E-state index in [2.05, 4.69) is 27.5 Å². The first kappa shape index (κ1) is 9.40. The maximum absolute atomic E-state index is 4.44. The molecule has 1 saturated carbocycles. The number of hydrogen-bond acceptors (Lipinski definition) is 2. The summed E-state index contributed by atoms with van der Waals surface area (Å²) in [4.78, 5) is 0. The number of piperidine rings is 1. The van der Waals surface area contributed by atoms with E-state index in [0.717, 1.165) is 12.0 Å². The third-order valence-corrected chi connectivity index (χ3v) is 3.50. The summed E-state index contributed by atoms with van der Waals surface area (Å²) < 4.78 is 2.16. The summed E-state index contributed by atoms with van der Waals surface area (Å²) in [5.41, 5.74) is 1.43. The molecule has 2 aliphatic rings. The van der Waals surface area contributed by atoms with Crippen molar-refractivity contribution in [1.29, 1.82) is 0 Å². The summed E-state index contributed by atoms with van der Waals surface area (Å²) in [6, 6.07) is 0.725. The van der Waals surface area contributed by atoms with Gasteiger partial charge in [0.1, 0.15) is 0 Å². The Morgan fingerprint density at radius 2 is 2.33 bits per heavy atom. The number of aromatic nitrogens is 2. The van der Waals surface area contributed by atoms with Crippen LogP contribution in [0.5, 0.6) is 0 Å². The molecule has 1 aromatic heterocycles. The lowest BCUT2D eigenvalue weighted by Gasteiger charge is -2.21. The fraction of sp³-hybridized carbons (Fsp3) is 0.750. The average molecular weight is 205 g/mol. The lowest BCUT2D eigenvalue weighted by atomic mass is 9.94. The summed E-state index contributed by atoms with van der Waals surface area (Å²) in [5, 5.41) is 7.91. The van der Waals surface area contributed by atoms with Crippen molar-refractivity contribution in [3.8, 4) is 0 Å². The molecule has 1 N–H and O–H groups in total. The van der Waals surface area contributed by atoms with Crippen LogP contribution in [0.1, 0.15) is 37.3 Å². The normalized spacial score (nSPS) is 26.8. The molecule has 1 atom stereocenters. The van der Waals surface area contributed by atoms with E-state index in [0.29, 0.717) is 0 Å². The predicted octanol–water partition coefficient (Wildman–Crippen LogP) is 1.76. The van der Waals surface area contributed by atoms with Crippen LogP contribution >= 0.6 is 0 Å². The van der Waals surface area contributed by atoms with Crippen LogP contribution in [0, 0.1) is 5.92 Å². The minimum atomic E-state index is 0.725. The molecule has 1 unspecified atom stereocenters. The van der Waals surface area contributed by atoms with Gasteiger partial charge in [0.2, 0.25) is 0 Å². The van der Waals surface area contributed by atoms with Crippen molar-refractivity contribution in [2.45, 2.75) is 38.1 Å². The lowest BCUT2D eigenvalue weighted by molar-refractivity contribution is 0.376. The summed E-state index contributed by atoms with van der Waals surface area (Å²) in [6.07, 6.45) is 10.9. The van der Waals surface area contributed by atoms with E-state index in [-0.39, 0.29) is 0 Å². The van der Waals surface area contributed by atoms with E-state index in [4.69, 9.17) is 0 Å². The molecule has 1 aliphatic carbocycles. The summed E-state index contributed by atoms with van der Waals surface area (Å²) in [6.45, 7) is 2.40. The Labute approximate surface area is 90.9 Å². The highest BCUT2D eigenvalue weighted by Crippen LogP contribution is 2.34. The van der Waals surface area contributed by atoms with Gasteiger partial charge in [0, 0.05) is 6.20 Å². The molecular formula is C12H19N3. The van der Waals surface area contributed by atoms with Crippen LogP contribution in [-0.2, 0) is 6.42 Å². The fourth-order valence-corrected chi connectivity index (χ4v) is 2.45. The summed E-state index contributed by atoms with van der Waals surface area (Å²) in [5.74, 6) is 0.829. The molecule has 0 radical (unpaired) electrons. The molecule has 1 saturated heterocycles. The highest BCUT2D eigenvalue weighted by molar-refractivity contribution is 5.07. The maximum Gasteiger partial charge on any atom is 0.0521 e. The number of rotatable bonds is 3. The van der Waals surface area contributed by atoms with Gasteiger partial charge < -0.3 is 5.32 Å². The maximum atomic E-state index is 4.44. The van der Waals surface area contributed by atoms with Gasteiger partial charge in [0.05, 0.1) is 12.2 Å². The van der Waals surface area contributed by atoms with E-state index < -0.39 is 0 Å². The minimum absolute atomic E-state index is 0.725. The third kappa shape index (κ3) is 2.23. The van der Waals surface area contributed by atoms with Gasteiger partial charge in [-0.25, -0.2) is 0 Å². The molecule has 3 heteroatoms. The van der Waals surface area contributed by atoms with Crippen molar-refractivity contribution in [2.75, 3.05) is 13.1 Å². The van der Waals surface area contributed by atoms with Crippen LogP contribution in [0.15, 0.2) is 12.4 Å². The van der Waals surface area contributed by atoms with Gasteiger partial charge in [-0.3, -0.25) is 4.68 Å². The molecule has 1 aliphatic heterocycles. The SMILES string of the molecule is c1nn(C2CC2)cc1CC1CCCNC1. The largest absolute Gasteiger partial charge is 0.316 e. The molecule has 0 amide bonds. The molecule has 15 heavy (non-hydrogen) atoms. The number of nitrogens with zero attached hydrogens (tertiary/aromatic N) is 2. The molecule has 0 bridgehead atoms. The van der Waals surface area contributed by atoms with E-state index >= 15 is 0 Å². The highest BCUT2D eigenvalue weighted by Gasteiger charge is 2.24. The first-order chi connectivity index (χ1) is 7.42. The second-order valence-corrected chi connectivity index (χ2v) is 4.98. The standard InChI is InChI=1S/C12H19N3/c1-2-10(7-13-5-1)6-11-8-14-15(9-11)12-3-4-12/h8-10,12-13H,1-7H2. The average Bonchev–Trinajstić information content (AvgIpc) is 3.02. The molecule has 3 rings (SSSR count). The topological polar surface area (TPSA) is 29.9 Å².